The average molecular weight is 498 g/mol. The minimum atomic E-state index is 0.151. The van der Waals surface area contributed by atoms with Crippen molar-refractivity contribution in [2.45, 2.75) is 52.4 Å². The molecule has 0 aliphatic heterocycles. The van der Waals surface area contributed by atoms with Crippen molar-refractivity contribution in [2.24, 2.45) is 0 Å². The number of halogens is 1. The predicted molar refractivity (Wildman–Crippen MR) is 148 cm³/mol. The first-order valence-corrected chi connectivity index (χ1v) is 12.4. The van der Waals surface area contributed by atoms with E-state index < -0.39 is 0 Å². The Labute approximate surface area is 207 Å². The van der Waals surface area contributed by atoms with Gasteiger partial charge in [-0.05, 0) is 85.7 Å². The topological polar surface area (TPSA) is 0 Å². The molecule has 0 unspecified atom stereocenters. The van der Waals surface area contributed by atoms with Crippen LogP contribution in [0.25, 0.3) is 33.4 Å². The van der Waals surface area contributed by atoms with Crippen molar-refractivity contribution in [3.63, 3.8) is 0 Å². The van der Waals surface area contributed by atoms with Crippen molar-refractivity contribution in [3.8, 4) is 33.4 Å². The fraction of sp³-hybridized carbons (Fsp3) is 0.250. The molecule has 4 rings (SSSR count). The molecule has 0 bridgehead atoms. The van der Waals surface area contributed by atoms with Crippen LogP contribution in [0.4, 0.5) is 0 Å². The van der Waals surface area contributed by atoms with E-state index in [-0.39, 0.29) is 10.8 Å². The summed E-state index contributed by atoms with van der Waals surface area (Å²) in [6.07, 6.45) is 0. The third kappa shape index (κ3) is 5.47. The number of hydrogen-bond donors (Lipinski definition) is 0. The van der Waals surface area contributed by atoms with E-state index >= 15 is 0 Å². The minimum absolute atomic E-state index is 0.151. The van der Waals surface area contributed by atoms with Crippen LogP contribution in [0, 0.1) is 0 Å². The fourth-order valence-corrected chi connectivity index (χ4v) is 4.36. The maximum atomic E-state index is 3.57. The van der Waals surface area contributed by atoms with Gasteiger partial charge in [0, 0.05) is 4.47 Å². The first-order valence-electron chi connectivity index (χ1n) is 11.6. The molecule has 0 nitrogen and oxygen atoms in total. The highest BCUT2D eigenvalue weighted by atomic mass is 79.9. The average Bonchev–Trinajstić information content (AvgIpc) is 2.78. The third-order valence-electron chi connectivity index (χ3n) is 6.28. The van der Waals surface area contributed by atoms with Gasteiger partial charge in [0.2, 0.25) is 0 Å². The summed E-state index contributed by atoms with van der Waals surface area (Å²) in [7, 11) is 0. The Kier molecular flexibility index (Phi) is 6.38. The Balaban J connectivity index is 1.83. The highest BCUT2D eigenvalue weighted by Crippen LogP contribution is 2.35. The second kappa shape index (κ2) is 8.95. The van der Waals surface area contributed by atoms with Crippen LogP contribution in [0.1, 0.15) is 52.7 Å². The molecule has 0 saturated heterocycles. The Morgan fingerprint density at radius 3 is 0.939 bits per heavy atom. The van der Waals surface area contributed by atoms with Gasteiger partial charge in [-0.3, -0.25) is 0 Å². The summed E-state index contributed by atoms with van der Waals surface area (Å²) in [5.74, 6) is 0. The lowest BCUT2D eigenvalue weighted by atomic mass is 9.85. The van der Waals surface area contributed by atoms with Crippen LogP contribution in [-0.4, -0.2) is 0 Å². The van der Waals surface area contributed by atoms with Gasteiger partial charge in [-0.15, -0.1) is 0 Å². The predicted octanol–water partition coefficient (Wildman–Crippen LogP) is 10.0. The third-order valence-corrected chi connectivity index (χ3v) is 6.81. The summed E-state index contributed by atoms with van der Waals surface area (Å²) in [5.41, 5.74) is 10.4. The SMILES string of the molecule is CC(C)(C)c1ccc(-c2cc(-c3ccc(Br)cc3)cc(-c3ccc(C(C)(C)C)cc3)c2)cc1. The number of rotatable bonds is 3. The van der Waals surface area contributed by atoms with Gasteiger partial charge >= 0.3 is 0 Å². The summed E-state index contributed by atoms with van der Waals surface area (Å²) in [6, 6.07) is 33.6. The molecule has 168 valence electrons. The second-order valence-corrected chi connectivity index (χ2v) is 11.9. The van der Waals surface area contributed by atoms with Gasteiger partial charge in [-0.1, -0.05) is 118 Å². The van der Waals surface area contributed by atoms with E-state index in [4.69, 9.17) is 0 Å². The van der Waals surface area contributed by atoms with E-state index in [0.29, 0.717) is 0 Å². The molecule has 0 heterocycles. The Bertz CT molecular complexity index is 1150. The molecule has 0 spiro atoms. The maximum Gasteiger partial charge on any atom is 0.0175 e. The van der Waals surface area contributed by atoms with E-state index in [1.54, 1.807) is 0 Å². The highest BCUT2D eigenvalue weighted by molar-refractivity contribution is 9.10. The molecule has 4 aromatic rings. The zero-order valence-corrected chi connectivity index (χ0v) is 22.1. The molecule has 0 aromatic heterocycles. The van der Waals surface area contributed by atoms with Crippen molar-refractivity contribution in [1.29, 1.82) is 0 Å². The first kappa shape index (κ1) is 23.5. The van der Waals surface area contributed by atoms with Crippen LogP contribution >= 0.6 is 15.9 Å². The van der Waals surface area contributed by atoms with Gasteiger partial charge in [0.05, 0.1) is 0 Å². The van der Waals surface area contributed by atoms with Gasteiger partial charge in [0.15, 0.2) is 0 Å². The summed E-state index contributed by atoms with van der Waals surface area (Å²) in [4.78, 5) is 0. The van der Waals surface area contributed by atoms with E-state index in [2.05, 4.69) is 148 Å². The van der Waals surface area contributed by atoms with E-state index in [1.165, 1.54) is 44.5 Å². The molecule has 0 N–H and O–H groups in total. The van der Waals surface area contributed by atoms with Crippen molar-refractivity contribution >= 4 is 15.9 Å². The quantitative estimate of drug-likeness (QED) is 0.264. The Morgan fingerprint density at radius 2 is 0.667 bits per heavy atom. The van der Waals surface area contributed by atoms with Gasteiger partial charge in [0.25, 0.3) is 0 Å². The zero-order valence-electron chi connectivity index (χ0n) is 20.5. The van der Waals surface area contributed by atoms with Crippen LogP contribution in [-0.2, 0) is 10.8 Å². The molecule has 33 heavy (non-hydrogen) atoms. The standard InChI is InChI=1S/C32H33Br/c1-31(2,3)28-13-7-22(8-14-28)25-19-26(23-9-15-29(16-10-23)32(4,5)6)21-27(20-25)24-11-17-30(33)18-12-24/h7-21H,1-6H3. The van der Waals surface area contributed by atoms with Crippen LogP contribution in [0.2, 0.25) is 0 Å². The summed E-state index contributed by atoms with van der Waals surface area (Å²) in [5, 5.41) is 0. The van der Waals surface area contributed by atoms with Crippen molar-refractivity contribution in [2.75, 3.05) is 0 Å². The van der Waals surface area contributed by atoms with Crippen LogP contribution in [0.15, 0.2) is 95.5 Å². The fourth-order valence-electron chi connectivity index (χ4n) is 4.10. The molecular weight excluding hydrogens is 464 g/mol. The summed E-state index contributed by atoms with van der Waals surface area (Å²) >= 11 is 3.57. The van der Waals surface area contributed by atoms with Crippen LogP contribution in [0.3, 0.4) is 0 Å². The Morgan fingerprint density at radius 1 is 0.394 bits per heavy atom. The van der Waals surface area contributed by atoms with Crippen LogP contribution in [0.5, 0.6) is 0 Å². The van der Waals surface area contributed by atoms with E-state index in [1.807, 2.05) is 0 Å². The minimum Gasteiger partial charge on any atom is -0.0579 e. The molecular formula is C32H33Br. The van der Waals surface area contributed by atoms with Crippen LogP contribution < -0.4 is 0 Å². The normalized spacial score (nSPS) is 12.1. The number of hydrogen-bond acceptors (Lipinski definition) is 0. The molecule has 0 atom stereocenters. The first-order chi connectivity index (χ1) is 15.5. The number of benzene rings is 4. The van der Waals surface area contributed by atoms with Crippen molar-refractivity contribution in [1.82, 2.24) is 0 Å². The van der Waals surface area contributed by atoms with Gasteiger partial charge in [-0.25, -0.2) is 0 Å². The lowest BCUT2D eigenvalue weighted by Gasteiger charge is -2.20. The van der Waals surface area contributed by atoms with E-state index in [9.17, 15) is 0 Å². The lowest BCUT2D eigenvalue weighted by molar-refractivity contribution is 0.590. The smallest absolute Gasteiger partial charge is 0.0175 e. The molecule has 4 aromatic carbocycles. The molecule has 0 aliphatic carbocycles. The monoisotopic (exact) mass is 496 g/mol. The van der Waals surface area contributed by atoms with Gasteiger partial charge in [-0.2, -0.15) is 0 Å². The molecule has 0 aliphatic rings. The molecule has 0 saturated carbocycles. The lowest BCUT2D eigenvalue weighted by Crippen LogP contribution is -2.10. The summed E-state index contributed by atoms with van der Waals surface area (Å²) < 4.78 is 1.10. The summed E-state index contributed by atoms with van der Waals surface area (Å²) in [6.45, 7) is 13.6. The molecule has 0 fully saturated rings. The van der Waals surface area contributed by atoms with Crippen molar-refractivity contribution < 1.29 is 0 Å². The molecule has 0 radical (unpaired) electrons. The zero-order chi connectivity index (χ0) is 23.8. The second-order valence-electron chi connectivity index (χ2n) is 11.0. The molecule has 1 heteroatoms. The van der Waals surface area contributed by atoms with Gasteiger partial charge < -0.3 is 0 Å². The van der Waals surface area contributed by atoms with E-state index in [0.717, 1.165) is 4.47 Å². The van der Waals surface area contributed by atoms with Crippen molar-refractivity contribution in [3.05, 3.63) is 107 Å². The van der Waals surface area contributed by atoms with Gasteiger partial charge in [0.1, 0.15) is 0 Å². The highest BCUT2D eigenvalue weighted by Gasteiger charge is 2.15. The molecule has 0 amide bonds. The largest absolute Gasteiger partial charge is 0.0579 e. The Hall–Kier alpha value is -2.64. The maximum absolute atomic E-state index is 3.57.